The number of nitrogens with zero attached hydrogens (tertiary/aromatic N) is 4. The van der Waals surface area contributed by atoms with Gasteiger partial charge < -0.3 is 9.88 Å². The third-order valence-corrected chi connectivity index (χ3v) is 2.46. The zero-order valence-electron chi connectivity index (χ0n) is 9.50. The van der Waals surface area contributed by atoms with E-state index in [1.165, 1.54) is 0 Å². The number of imidazole rings is 1. The molecule has 0 fully saturated rings. The van der Waals surface area contributed by atoms with Gasteiger partial charge in [-0.05, 0) is 13.1 Å². The predicted octanol–water partition coefficient (Wildman–Crippen LogP) is 0.542. The Morgan fingerprint density at radius 1 is 1.38 bits per heavy atom. The minimum absolute atomic E-state index is 0.884. The SMILES string of the molecule is CNCCc1cn(CCn2cccn2)cn1. The number of likely N-dealkylation sites (N-methyl/N-ethyl adjacent to an activating group) is 1. The van der Waals surface area contributed by atoms with Crippen LogP contribution in [0.25, 0.3) is 0 Å². The Morgan fingerprint density at radius 2 is 2.31 bits per heavy atom. The molecule has 2 heterocycles. The van der Waals surface area contributed by atoms with Crippen molar-refractivity contribution in [1.29, 1.82) is 0 Å². The highest BCUT2D eigenvalue weighted by Crippen LogP contribution is 1.98. The second-order valence-electron chi connectivity index (χ2n) is 3.73. The average Bonchev–Trinajstić information content (AvgIpc) is 2.95. The van der Waals surface area contributed by atoms with E-state index < -0.39 is 0 Å². The molecule has 0 aliphatic carbocycles. The summed E-state index contributed by atoms with van der Waals surface area (Å²) in [6, 6.07) is 1.94. The third kappa shape index (κ3) is 2.93. The maximum atomic E-state index is 4.35. The van der Waals surface area contributed by atoms with Crippen LogP contribution in [0.4, 0.5) is 0 Å². The molecule has 1 N–H and O–H groups in total. The van der Waals surface area contributed by atoms with Crippen LogP contribution in [-0.4, -0.2) is 32.9 Å². The topological polar surface area (TPSA) is 47.7 Å². The molecule has 0 aromatic carbocycles. The number of hydrogen-bond acceptors (Lipinski definition) is 3. The molecule has 2 aromatic heterocycles. The standard InChI is InChI=1S/C11H17N5/c1-12-5-3-11-9-15(10-13-11)7-8-16-6-2-4-14-16/h2,4,6,9-10,12H,3,5,7-8H2,1H3. The van der Waals surface area contributed by atoms with Crippen molar-refractivity contribution < 1.29 is 0 Å². The summed E-state index contributed by atoms with van der Waals surface area (Å²) in [6.07, 6.45) is 8.73. The van der Waals surface area contributed by atoms with Gasteiger partial charge in [-0.25, -0.2) is 4.98 Å². The number of hydrogen-bond donors (Lipinski definition) is 1. The summed E-state index contributed by atoms with van der Waals surface area (Å²) in [5, 5.41) is 7.28. The van der Waals surface area contributed by atoms with E-state index in [9.17, 15) is 0 Å². The van der Waals surface area contributed by atoms with Crippen LogP contribution < -0.4 is 5.32 Å². The summed E-state index contributed by atoms with van der Waals surface area (Å²) in [6.45, 7) is 2.76. The minimum Gasteiger partial charge on any atom is -0.335 e. The maximum Gasteiger partial charge on any atom is 0.0950 e. The highest BCUT2D eigenvalue weighted by molar-refractivity contribution is 4.97. The maximum absolute atomic E-state index is 4.35. The molecule has 2 aromatic rings. The van der Waals surface area contributed by atoms with Crippen molar-refractivity contribution in [2.24, 2.45) is 0 Å². The largest absolute Gasteiger partial charge is 0.335 e. The first-order valence-corrected chi connectivity index (χ1v) is 5.51. The van der Waals surface area contributed by atoms with Crippen molar-refractivity contribution in [3.63, 3.8) is 0 Å². The summed E-state index contributed by atoms with van der Waals surface area (Å²) in [7, 11) is 1.95. The van der Waals surface area contributed by atoms with Crippen molar-refractivity contribution >= 4 is 0 Å². The van der Waals surface area contributed by atoms with Crippen LogP contribution in [0.1, 0.15) is 5.69 Å². The van der Waals surface area contributed by atoms with Crippen molar-refractivity contribution in [1.82, 2.24) is 24.6 Å². The van der Waals surface area contributed by atoms with Crippen molar-refractivity contribution in [2.45, 2.75) is 19.5 Å². The van der Waals surface area contributed by atoms with Gasteiger partial charge in [0.05, 0.1) is 18.6 Å². The molecule has 5 nitrogen and oxygen atoms in total. The molecular formula is C11H17N5. The predicted molar refractivity (Wildman–Crippen MR) is 62.1 cm³/mol. The number of aromatic nitrogens is 4. The lowest BCUT2D eigenvalue weighted by Gasteiger charge is -2.01. The van der Waals surface area contributed by atoms with Crippen LogP contribution in [0, 0.1) is 0 Å². The van der Waals surface area contributed by atoms with Gasteiger partial charge in [0.1, 0.15) is 0 Å². The summed E-state index contributed by atoms with van der Waals surface area (Å²) < 4.78 is 4.03. The summed E-state index contributed by atoms with van der Waals surface area (Å²) in [4.78, 5) is 4.35. The number of rotatable bonds is 6. The van der Waals surface area contributed by atoms with E-state index >= 15 is 0 Å². The zero-order chi connectivity index (χ0) is 11.2. The molecule has 0 radical (unpaired) electrons. The van der Waals surface area contributed by atoms with Crippen LogP contribution >= 0.6 is 0 Å². The fourth-order valence-electron chi connectivity index (χ4n) is 1.56. The molecule has 0 atom stereocenters. The Morgan fingerprint density at radius 3 is 3.06 bits per heavy atom. The lowest BCUT2D eigenvalue weighted by molar-refractivity contribution is 0.533. The molecule has 0 aliphatic rings. The van der Waals surface area contributed by atoms with E-state index in [1.54, 1.807) is 6.20 Å². The molecule has 0 amide bonds. The molecule has 2 rings (SSSR count). The van der Waals surface area contributed by atoms with Crippen LogP contribution in [0.3, 0.4) is 0 Å². The molecular weight excluding hydrogens is 202 g/mol. The van der Waals surface area contributed by atoms with Gasteiger partial charge in [-0.15, -0.1) is 0 Å². The summed E-state index contributed by atoms with van der Waals surface area (Å²) in [5.74, 6) is 0. The minimum atomic E-state index is 0.884. The van der Waals surface area contributed by atoms with E-state index in [0.717, 1.165) is 31.7 Å². The normalized spacial score (nSPS) is 10.8. The monoisotopic (exact) mass is 219 g/mol. The first-order valence-electron chi connectivity index (χ1n) is 5.51. The molecule has 5 heteroatoms. The van der Waals surface area contributed by atoms with Gasteiger partial charge in [0.25, 0.3) is 0 Å². The molecule has 16 heavy (non-hydrogen) atoms. The zero-order valence-corrected chi connectivity index (χ0v) is 9.50. The number of aryl methyl sites for hydroxylation is 2. The fourth-order valence-corrected chi connectivity index (χ4v) is 1.56. The van der Waals surface area contributed by atoms with Crippen LogP contribution in [-0.2, 0) is 19.5 Å². The molecule has 0 saturated heterocycles. The molecule has 0 unspecified atom stereocenters. The van der Waals surface area contributed by atoms with Gasteiger partial charge in [0.2, 0.25) is 0 Å². The molecule has 0 aliphatic heterocycles. The smallest absolute Gasteiger partial charge is 0.0950 e. The summed E-state index contributed by atoms with van der Waals surface area (Å²) >= 11 is 0. The van der Waals surface area contributed by atoms with Crippen LogP contribution in [0.5, 0.6) is 0 Å². The van der Waals surface area contributed by atoms with Gasteiger partial charge in [-0.1, -0.05) is 0 Å². The fraction of sp³-hybridized carbons (Fsp3) is 0.455. The van der Waals surface area contributed by atoms with Gasteiger partial charge in [0.15, 0.2) is 0 Å². The Kier molecular flexibility index (Phi) is 3.71. The Hall–Kier alpha value is -1.62. The van der Waals surface area contributed by atoms with E-state index in [1.807, 2.05) is 30.3 Å². The van der Waals surface area contributed by atoms with Gasteiger partial charge in [-0.2, -0.15) is 5.10 Å². The Bertz CT molecular complexity index is 404. The second kappa shape index (κ2) is 5.46. The van der Waals surface area contributed by atoms with E-state index in [-0.39, 0.29) is 0 Å². The highest BCUT2D eigenvalue weighted by Gasteiger charge is 1.98. The summed E-state index contributed by atoms with van der Waals surface area (Å²) in [5.41, 5.74) is 1.13. The lowest BCUT2D eigenvalue weighted by Crippen LogP contribution is -2.10. The molecule has 0 bridgehead atoms. The lowest BCUT2D eigenvalue weighted by atomic mass is 10.3. The van der Waals surface area contributed by atoms with Gasteiger partial charge >= 0.3 is 0 Å². The van der Waals surface area contributed by atoms with E-state index in [4.69, 9.17) is 0 Å². The van der Waals surface area contributed by atoms with E-state index in [2.05, 4.69) is 26.2 Å². The van der Waals surface area contributed by atoms with Crippen LogP contribution in [0.15, 0.2) is 31.0 Å². The average molecular weight is 219 g/mol. The second-order valence-corrected chi connectivity index (χ2v) is 3.73. The van der Waals surface area contributed by atoms with Crippen molar-refractivity contribution in [2.75, 3.05) is 13.6 Å². The van der Waals surface area contributed by atoms with E-state index in [0.29, 0.717) is 0 Å². The number of nitrogens with one attached hydrogen (secondary N) is 1. The Labute approximate surface area is 95.1 Å². The van der Waals surface area contributed by atoms with Gasteiger partial charge in [-0.3, -0.25) is 4.68 Å². The third-order valence-electron chi connectivity index (χ3n) is 2.46. The van der Waals surface area contributed by atoms with Crippen molar-refractivity contribution in [3.05, 3.63) is 36.7 Å². The van der Waals surface area contributed by atoms with Crippen LogP contribution in [0.2, 0.25) is 0 Å². The van der Waals surface area contributed by atoms with Crippen molar-refractivity contribution in [3.8, 4) is 0 Å². The molecule has 0 spiro atoms. The first-order chi connectivity index (χ1) is 7.88. The van der Waals surface area contributed by atoms with Gasteiger partial charge in [0, 0.05) is 38.1 Å². The molecule has 86 valence electrons. The first kappa shape index (κ1) is 10.9. The Balaban J connectivity index is 1.83. The molecule has 0 saturated carbocycles. The quantitative estimate of drug-likeness (QED) is 0.771. The highest BCUT2D eigenvalue weighted by atomic mass is 15.3.